The van der Waals surface area contributed by atoms with Crippen LogP contribution in [0.3, 0.4) is 0 Å². The van der Waals surface area contributed by atoms with Crippen LogP contribution in [-0.2, 0) is 0 Å². The number of aromatic amines is 1. The van der Waals surface area contributed by atoms with E-state index in [1.54, 1.807) is 0 Å². The van der Waals surface area contributed by atoms with Gasteiger partial charge in [0.2, 0.25) is 0 Å². The van der Waals surface area contributed by atoms with Crippen molar-refractivity contribution in [3.05, 3.63) is 133 Å². The fourth-order valence-electron chi connectivity index (χ4n) is 5.82. The Labute approximate surface area is 224 Å². The van der Waals surface area contributed by atoms with Crippen molar-refractivity contribution in [2.45, 2.75) is 0 Å². The Hall–Kier alpha value is -4.66. The van der Waals surface area contributed by atoms with Gasteiger partial charge >= 0.3 is 0 Å². The highest BCUT2D eigenvalue weighted by atomic mass is 32.1. The zero-order chi connectivity index (χ0) is 25.1. The van der Waals surface area contributed by atoms with Gasteiger partial charge in [-0.3, -0.25) is 0 Å². The standard InChI is InChI=1S/C36H23NS/c1-2-10-23(11-3-1)24-20-25(27-14-8-16-31-29-12-4-6-18-33(29)37-35(27)31)22-26(21-24)28-15-9-17-32-30-13-5-7-19-34(30)38-36(28)32/h1-22,37H. The molecule has 0 spiro atoms. The van der Waals surface area contributed by atoms with Crippen molar-refractivity contribution >= 4 is 53.3 Å². The molecule has 0 bridgehead atoms. The maximum atomic E-state index is 3.71. The van der Waals surface area contributed by atoms with Crippen LogP contribution < -0.4 is 0 Å². The summed E-state index contributed by atoms with van der Waals surface area (Å²) in [6.45, 7) is 0. The van der Waals surface area contributed by atoms with Crippen molar-refractivity contribution in [2.75, 3.05) is 0 Å². The molecule has 6 aromatic carbocycles. The average Bonchev–Trinajstić information content (AvgIpc) is 3.56. The van der Waals surface area contributed by atoms with E-state index in [1.165, 1.54) is 75.4 Å². The fourth-order valence-corrected chi connectivity index (χ4v) is 7.06. The Morgan fingerprint density at radius 3 is 1.92 bits per heavy atom. The van der Waals surface area contributed by atoms with Gasteiger partial charge in [0, 0.05) is 42.0 Å². The Morgan fingerprint density at radius 2 is 1.05 bits per heavy atom. The molecular formula is C36H23NS. The highest BCUT2D eigenvalue weighted by molar-refractivity contribution is 7.26. The summed E-state index contributed by atoms with van der Waals surface area (Å²) < 4.78 is 2.67. The predicted octanol–water partition coefficient (Wildman–Crippen LogP) is 10.7. The summed E-state index contributed by atoms with van der Waals surface area (Å²) in [7, 11) is 0. The van der Waals surface area contributed by atoms with E-state index < -0.39 is 0 Å². The lowest BCUT2D eigenvalue weighted by atomic mass is 9.92. The highest BCUT2D eigenvalue weighted by Crippen LogP contribution is 2.43. The first-order valence-corrected chi connectivity index (χ1v) is 13.8. The molecule has 0 aliphatic heterocycles. The third kappa shape index (κ3) is 3.31. The molecule has 0 atom stereocenters. The van der Waals surface area contributed by atoms with Crippen molar-refractivity contribution in [2.24, 2.45) is 0 Å². The molecule has 0 unspecified atom stereocenters. The van der Waals surface area contributed by atoms with Crippen LogP contribution in [0.1, 0.15) is 0 Å². The first kappa shape index (κ1) is 21.4. The van der Waals surface area contributed by atoms with Crippen molar-refractivity contribution in [3.8, 4) is 33.4 Å². The first-order valence-electron chi connectivity index (χ1n) is 12.9. The quantitative estimate of drug-likeness (QED) is 0.248. The molecule has 0 aliphatic carbocycles. The number of hydrogen-bond acceptors (Lipinski definition) is 1. The highest BCUT2D eigenvalue weighted by Gasteiger charge is 2.15. The Bertz CT molecular complexity index is 2000. The van der Waals surface area contributed by atoms with Gasteiger partial charge in [-0.2, -0.15) is 0 Å². The molecule has 38 heavy (non-hydrogen) atoms. The number of hydrogen-bond donors (Lipinski definition) is 1. The van der Waals surface area contributed by atoms with Gasteiger partial charge in [-0.15, -0.1) is 11.3 Å². The van der Waals surface area contributed by atoms with E-state index in [0.29, 0.717) is 0 Å². The number of benzene rings is 6. The lowest BCUT2D eigenvalue weighted by Gasteiger charge is -2.13. The van der Waals surface area contributed by atoms with Crippen LogP contribution in [0.5, 0.6) is 0 Å². The number of nitrogens with one attached hydrogen (secondary N) is 1. The molecule has 0 amide bonds. The lowest BCUT2D eigenvalue weighted by molar-refractivity contribution is 1.53. The van der Waals surface area contributed by atoms with E-state index in [2.05, 4.69) is 138 Å². The summed E-state index contributed by atoms with van der Waals surface area (Å²) >= 11 is 1.89. The summed E-state index contributed by atoms with van der Waals surface area (Å²) in [6.07, 6.45) is 0. The summed E-state index contributed by atoms with van der Waals surface area (Å²) in [5, 5.41) is 5.18. The molecule has 178 valence electrons. The summed E-state index contributed by atoms with van der Waals surface area (Å²) in [5.41, 5.74) is 9.78. The van der Waals surface area contributed by atoms with Crippen molar-refractivity contribution in [1.29, 1.82) is 0 Å². The van der Waals surface area contributed by atoms with Crippen LogP contribution in [0.15, 0.2) is 133 Å². The van der Waals surface area contributed by atoms with Gasteiger partial charge in [-0.25, -0.2) is 0 Å². The minimum absolute atomic E-state index is 1.17. The second-order valence-corrected chi connectivity index (χ2v) is 10.9. The molecule has 0 fully saturated rings. The molecule has 2 aromatic heterocycles. The molecule has 8 aromatic rings. The average molecular weight is 502 g/mol. The normalized spacial score (nSPS) is 11.7. The number of para-hydroxylation sites is 2. The summed E-state index contributed by atoms with van der Waals surface area (Å²) in [4.78, 5) is 3.71. The number of rotatable bonds is 3. The van der Waals surface area contributed by atoms with Gasteiger partial charge in [-0.1, -0.05) is 103 Å². The van der Waals surface area contributed by atoms with Crippen LogP contribution in [-0.4, -0.2) is 4.98 Å². The number of H-pyrrole nitrogens is 1. The molecule has 0 aliphatic rings. The van der Waals surface area contributed by atoms with E-state index in [0.717, 1.165) is 0 Å². The molecule has 1 N–H and O–H groups in total. The van der Waals surface area contributed by atoms with Gasteiger partial charge in [0.1, 0.15) is 0 Å². The van der Waals surface area contributed by atoms with Crippen molar-refractivity contribution in [3.63, 3.8) is 0 Å². The molecule has 0 saturated carbocycles. The van der Waals surface area contributed by atoms with E-state index in [9.17, 15) is 0 Å². The maximum Gasteiger partial charge on any atom is 0.0544 e. The van der Waals surface area contributed by atoms with Crippen molar-refractivity contribution < 1.29 is 0 Å². The summed E-state index contributed by atoms with van der Waals surface area (Å²) in [5.74, 6) is 0. The molecule has 0 saturated heterocycles. The molecule has 2 heteroatoms. The number of fused-ring (bicyclic) bond motifs is 6. The van der Waals surface area contributed by atoms with Crippen LogP contribution in [0.2, 0.25) is 0 Å². The second kappa shape index (κ2) is 8.44. The van der Waals surface area contributed by atoms with E-state index in [1.807, 2.05) is 11.3 Å². The Kier molecular flexibility index (Phi) is 4.76. The molecule has 0 radical (unpaired) electrons. The first-order chi connectivity index (χ1) is 18.8. The molecule has 8 rings (SSSR count). The SMILES string of the molecule is c1ccc(-c2cc(-c3cccc4c3[nH]c3ccccc34)cc(-c3cccc4c3sc3ccccc34)c2)cc1. The van der Waals surface area contributed by atoms with Crippen molar-refractivity contribution in [1.82, 2.24) is 4.98 Å². The minimum Gasteiger partial charge on any atom is -0.354 e. The summed E-state index contributed by atoms with van der Waals surface area (Å²) in [6, 6.07) is 48.4. The number of aromatic nitrogens is 1. The fraction of sp³-hybridized carbons (Fsp3) is 0. The maximum absolute atomic E-state index is 3.71. The van der Waals surface area contributed by atoms with Gasteiger partial charge in [0.25, 0.3) is 0 Å². The third-order valence-corrected chi connectivity index (χ3v) is 8.83. The van der Waals surface area contributed by atoms with Crippen LogP contribution in [0, 0.1) is 0 Å². The minimum atomic E-state index is 1.17. The van der Waals surface area contributed by atoms with E-state index in [4.69, 9.17) is 0 Å². The van der Waals surface area contributed by atoms with Crippen LogP contribution in [0.25, 0.3) is 75.4 Å². The smallest absolute Gasteiger partial charge is 0.0544 e. The topological polar surface area (TPSA) is 15.8 Å². The van der Waals surface area contributed by atoms with E-state index >= 15 is 0 Å². The largest absolute Gasteiger partial charge is 0.354 e. The Morgan fingerprint density at radius 1 is 0.421 bits per heavy atom. The zero-order valence-corrected chi connectivity index (χ0v) is 21.4. The predicted molar refractivity (Wildman–Crippen MR) is 165 cm³/mol. The molecular weight excluding hydrogens is 478 g/mol. The third-order valence-electron chi connectivity index (χ3n) is 7.61. The van der Waals surface area contributed by atoms with Crippen LogP contribution >= 0.6 is 11.3 Å². The monoisotopic (exact) mass is 501 g/mol. The van der Waals surface area contributed by atoms with Gasteiger partial charge in [0.05, 0.1) is 5.52 Å². The van der Waals surface area contributed by atoms with Gasteiger partial charge < -0.3 is 4.98 Å². The molecule has 1 nitrogen and oxygen atoms in total. The number of thiophene rings is 1. The van der Waals surface area contributed by atoms with Gasteiger partial charge in [0.15, 0.2) is 0 Å². The van der Waals surface area contributed by atoms with E-state index in [-0.39, 0.29) is 0 Å². The second-order valence-electron chi connectivity index (χ2n) is 9.84. The Balaban J connectivity index is 1.43. The van der Waals surface area contributed by atoms with Gasteiger partial charge in [-0.05, 0) is 58.1 Å². The van der Waals surface area contributed by atoms with Crippen LogP contribution in [0.4, 0.5) is 0 Å². The molecule has 2 heterocycles. The lowest BCUT2D eigenvalue weighted by Crippen LogP contribution is -1.87. The zero-order valence-electron chi connectivity index (χ0n) is 20.6.